The summed E-state index contributed by atoms with van der Waals surface area (Å²) in [4.78, 5) is 8.77. The fourth-order valence-corrected chi connectivity index (χ4v) is 2.86. The number of hydrogen-bond donors (Lipinski definition) is 2. The van der Waals surface area contributed by atoms with Crippen LogP contribution in [0.2, 0.25) is 0 Å². The van der Waals surface area contributed by atoms with Crippen molar-refractivity contribution in [2.75, 3.05) is 45.2 Å². The van der Waals surface area contributed by atoms with E-state index in [1.165, 1.54) is 0 Å². The van der Waals surface area contributed by atoms with Crippen LogP contribution in [0.3, 0.4) is 0 Å². The molecule has 0 spiro atoms. The monoisotopic (exact) mass is 384 g/mol. The van der Waals surface area contributed by atoms with Gasteiger partial charge in [-0.2, -0.15) is 4.98 Å². The van der Waals surface area contributed by atoms with Crippen molar-refractivity contribution in [2.24, 2.45) is 0 Å². The van der Waals surface area contributed by atoms with Gasteiger partial charge in [0.05, 0.1) is 26.3 Å². The second-order valence-electron chi connectivity index (χ2n) is 5.95. The van der Waals surface area contributed by atoms with Gasteiger partial charge in [-0.05, 0) is 18.2 Å². The van der Waals surface area contributed by atoms with Crippen molar-refractivity contribution in [3.63, 3.8) is 0 Å². The Morgan fingerprint density at radius 2 is 1.82 bits per heavy atom. The summed E-state index contributed by atoms with van der Waals surface area (Å²) in [7, 11) is 3.14. The normalized spacial score (nSPS) is 12.1. The Kier molecular flexibility index (Phi) is 4.79. The molecule has 0 amide bonds. The Morgan fingerprint density at radius 1 is 1.04 bits per heavy atom. The molecule has 9 heteroatoms. The lowest BCUT2D eigenvalue weighted by atomic mass is 10.2. The summed E-state index contributed by atoms with van der Waals surface area (Å²) >= 11 is 0. The molecule has 2 aromatic carbocycles. The molecule has 1 aromatic heterocycles. The Morgan fingerprint density at radius 3 is 2.64 bits per heavy atom. The topological polar surface area (TPSA) is 110 Å². The van der Waals surface area contributed by atoms with E-state index in [2.05, 4.69) is 15.3 Å². The first-order valence-corrected chi connectivity index (χ1v) is 8.63. The highest BCUT2D eigenvalue weighted by atomic mass is 16.7. The first-order valence-electron chi connectivity index (χ1n) is 8.63. The summed E-state index contributed by atoms with van der Waals surface area (Å²) in [6, 6.07) is 8.97. The highest BCUT2D eigenvalue weighted by molar-refractivity contribution is 5.91. The molecule has 0 fully saturated rings. The average molecular weight is 384 g/mol. The number of nitrogen functional groups attached to an aromatic ring is 1. The summed E-state index contributed by atoms with van der Waals surface area (Å²) in [6.45, 7) is 1.14. The number of nitrogens with one attached hydrogen (secondary N) is 1. The summed E-state index contributed by atoms with van der Waals surface area (Å²) in [5, 5.41) is 3.81. The number of rotatable bonds is 7. The zero-order valence-electron chi connectivity index (χ0n) is 15.5. The number of hydrogen-bond acceptors (Lipinski definition) is 9. The van der Waals surface area contributed by atoms with Crippen LogP contribution in [0.15, 0.2) is 30.3 Å². The largest absolute Gasteiger partial charge is 0.493 e. The van der Waals surface area contributed by atoms with Crippen molar-refractivity contribution in [1.29, 1.82) is 0 Å². The van der Waals surface area contributed by atoms with E-state index < -0.39 is 0 Å². The third-order valence-corrected chi connectivity index (χ3v) is 4.23. The second kappa shape index (κ2) is 7.55. The van der Waals surface area contributed by atoms with Crippen LogP contribution in [-0.2, 0) is 0 Å². The van der Waals surface area contributed by atoms with Crippen LogP contribution in [0.25, 0.3) is 10.9 Å². The van der Waals surface area contributed by atoms with Gasteiger partial charge in [-0.3, -0.25) is 0 Å². The molecule has 0 saturated carbocycles. The SMILES string of the molecule is COc1cc2nc(NCCOc3ccc4c(c3)OCO4)nc(N)c2cc1OC. The van der Waals surface area contributed by atoms with Crippen LogP contribution in [0.4, 0.5) is 11.8 Å². The van der Waals surface area contributed by atoms with Crippen molar-refractivity contribution >= 4 is 22.7 Å². The van der Waals surface area contributed by atoms with Gasteiger partial charge in [-0.15, -0.1) is 0 Å². The molecule has 4 rings (SSSR count). The van der Waals surface area contributed by atoms with Gasteiger partial charge in [0, 0.05) is 17.5 Å². The van der Waals surface area contributed by atoms with Gasteiger partial charge in [-0.1, -0.05) is 0 Å². The number of anilines is 2. The number of benzene rings is 2. The minimum absolute atomic E-state index is 0.234. The van der Waals surface area contributed by atoms with Gasteiger partial charge >= 0.3 is 0 Å². The van der Waals surface area contributed by atoms with Crippen molar-refractivity contribution in [3.05, 3.63) is 30.3 Å². The highest BCUT2D eigenvalue weighted by Crippen LogP contribution is 2.35. The lowest BCUT2D eigenvalue weighted by Crippen LogP contribution is -2.14. The number of nitrogens with zero attached hydrogens (tertiary/aromatic N) is 2. The summed E-state index contributed by atoms with van der Waals surface area (Å²) in [5.74, 6) is 4.00. The fourth-order valence-electron chi connectivity index (χ4n) is 2.86. The molecule has 1 aliphatic heterocycles. The zero-order valence-corrected chi connectivity index (χ0v) is 15.5. The van der Waals surface area contributed by atoms with Crippen molar-refractivity contribution < 1.29 is 23.7 Å². The van der Waals surface area contributed by atoms with Crippen molar-refractivity contribution in [1.82, 2.24) is 9.97 Å². The zero-order chi connectivity index (χ0) is 19.5. The molecule has 0 atom stereocenters. The van der Waals surface area contributed by atoms with Gasteiger partial charge < -0.3 is 34.7 Å². The van der Waals surface area contributed by atoms with E-state index in [1.807, 2.05) is 12.1 Å². The predicted octanol–water partition coefficient (Wildman–Crippen LogP) is 2.45. The van der Waals surface area contributed by atoms with E-state index in [0.29, 0.717) is 58.8 Å². The molecule has 28 heavy (non-hydrogen) atoms. The second-order valence-corrected chi connectivity index (χ2v) is 5.95. The molecule has 0 radical (unpaired) electrons. The van der Waals surface area contributed by atoms with Crippen molar-refractivity contribution in [3.8, 4) is 28.7 Å². The Balaban J connectivity index is 1.41. The highest BCUT2D eigenvalue weighted by Gasteiger charge is 2.14. The quantitative estimate of drug-likeness (QED) is 0.593. The van der Waals surface area contributed by atoms with Gasteiger partial charge in [-0.25, -0.2) is 4.98 Å². The maximum absolute atomic E-state index is 6.08. The molecule has 0 saturated heterocycles. The van der Waals surface area contributed by atoms with Crippen LogP contribution in [0.5, 0.6) is 28.7 Å². The van der Waals surface area contributed by atoms with E-state index in [1.54, 1.807) is 32.4 Å². The van der Waals surface area contributed by atoms with E-state index >= 15 is 0 Å². The average Bonchev–Trinajstić information content (AvgIpc) is 3.18. The third kappa shape index (κ3) is 3.46. The molecule has 0 aliphatic carbocycles. The van der Waals surface area contributed by atoms with Crippen LogP contribution in [0, 0.1) is 0 Å². The van der Waals surface area contributed by atoms with Crippen LogP contribution < -0.4 is 34.7 Å². The number of aromatic nitrogens is 2. The summed E-state index contributed by atoms with van der Waals surface area (Å²) in [6.07, 6.45) is 0. The minimum Gasteiger partial charge on any atom is -0.493 e. The maximum atomic E-state index is 6.08. The molecule has 9 nitrogen and oxygen atoms in total. The number of fused-ring (bicyclic) bond motifs is 2. The number of methoxy groups -OCH3 is 2. The van der Waals surface area contributed by atoms with E-state index in [0.717, 1.165) is 5.75 Å². The molecule has 146 valence electrons. The van der Waals surface area contributed by atoms with Gasteiger partial charge in [0.1, 0.15) is 18.2 Å². The van der Waals surface area contributed by atoms with Crippen LogP contribution >= 0.6 is 0 Å². The smallest absolute Gasteiger partial charge is 0.231 e. The lowest BCUT2D eigenvalue weighted by Gasteiger charge is -2.12. The molecular weight excluding hydrogens is 364 g/mol. The van der Waals surface area contributed by atoms with Crippen molar-refractivity contribution in [2.45, 2.75) is 0 Å². The van der Waals surface area contributed by atoms with Crippen LogP contribution in [-0.4, -0.2) is 44.1 Å². The number of ether oxygens (including phenoxy) is 5. The first kappa shape index (κ1) is 17.8. The molecule has 1 aliphatic rings. The third-order valence-electron chi connectivity index (χ3n) is 4.23. The van der Waals surface area contributed by atoms with Gasteiger partial charge in [0.25, 0.3) is 0 Å². The van der Waals surface area contributed by atoms with E-state index in [9.17, 15) is 0 Å². The fraction of sp³-hybridized carbons (Fsp3) is 0.263. The Labute approximate surface area is 161 Å². The van der Waals surface area contributed by atoms with E-state index in [4.69, 9.17) is 29.4 Å². The molecule has 0 unspecified atom stereocenters. The molecule has 0 bridgehead atoms. The lowest BCUT2D eigenvalue weighted by molar-refractivity contribution is 0.174. The molecular formula is C19H20N4O5. The summed E-state index contributed by atoms with van der Waals surface area (Å²) in [5.41, 5.74) is 6.73. The standard InChI is InChI=1S/C19H20N4O5/c1-24-15-8-12-13(9-16(15)25-2)22-19(23-18(12)20)21-5-6-26-11-3-4-14-17(7-11)28-10-27-14/h3-4,7-9H,5-6,10H2,1-2H3,(H3,20,21,22,23). The Bertz CT molecular complexity index is 1010. The number of nitrogens with two attached hydrogens (primary N) is 1. The first-order chi connectivity index (χ1) is 13.7. The molecule has 3 aromatic rings. The minimum atomic E-state index is 0.234. The van der Waals surface area contributed by atoms with Gasteiger partial charge in [0.2, 0.25) is 12.7 Å². The molecule has 2 heterocycles. The van der Waals surface area contributed by atoms with Gasteiger partial charge in [0.15, 0.2) is 23.0 Å². The Hall–Kier alpha value is -3.62. The van der Waals surface area contributed by atoms with E-state index in [-0.39, 0.29) is 6.79 Å². The summed E-state index contributed by atoms with van der Waals surface area (Å²) < 4.78 is 26.9. The van der Waals surface area contributed by atoms with Crippen LogP contribution in [0.1, 0.15) is 0 Å². The molecule has 3 N–H and O–H groups in total. The predicted molar refractivity (Wildman–Crippen MR) is 104 cm³/mol. The maximum Gasteiger partial charge on any atom is 0.231 e.